The largest absolute Gasteiger partial charge is 0.497 e. The highest BCUT2D eigenvalue weighted by atomic mass is 32.1. The lowest BCUT2D eigenvalue weighted by atomic mass is 10.0. The number of carbonyl (C=O) groups is 1. The molecular formula is C18H19NO4S. The Hall–Kier alpha value is -2.21. The molecule has 0 spiro atoms. The Balaban J connectivity index is 1.62. The maximum absolute atomic E-state index is 13.1. The SMILES string of the molecule is COc1cccc(C2CCCN2C(=O)c2scc3c2OCCO3)c1. The molecule has 1 aromatic heterocycles. The summed E-state index contributed by atoms with van der Waals surface area (Å²) < 4.78 is 16.5. The molecule has 1 saturated heterocycles. The first-order valence-electron chi connectivity index (χ1n) is 8.10. The van der Waals surface area contributed by atoms with Crippen molar-refractivity contribution in [2.75, 3.05) is 26.9 Å². The lowest BCUT2D eigenvalue weighted by Crippen LogP contribution is -2.30. The van der Waals surface area contributed by atoms with Gasteiger partial charge in [-0.05, 0) is 30.5 Å². The number of thiophene rings is 1. The van der Waals surface area contributed by atoms with Gasteiger partial charge in [0, 0.05) is 11.9 Å². The number of benzene rings is 1. The summed E-state index contributed by atoms with van der Waals surface area (Å²) in [5.74, 6) is 2.13. The number of ether oxygens (including phenoxy) is 3. The van der Waals surface area contributed by atoms with Gasteiger partial charge in [-0.2, -0.15) is 0 Å². The third-order valence-corrected chi connectivity index (χ3v) is 5.42. The summed E-state index contributed by atoms with van der Waals surface area (Å²) in [5.41, 5.74) is 1.11. The van der Waals surface area contributed by atoms with Crippen LogP contribution < -0.4 is 14.2 Å². The number of fused-ring (bicyclic) bond motifs is 1. The van der Waals surface area contributed by atoms with E-state index in [0.717, 1.165) is 30.7 Å². The minimum absolute atomic E-state index is 0.0251. The lowest BCUT2D eigenvalue weighted by Gasteiger charge is -2.25. The number of rotatable bonds is 3. The summed E-state index contributed by atoms with van der Waals surface area (Å²) in [6.45, 7) is 1.78. The second kappa shape index (κ2) is 6.36. The van der Waals surface area contributed by atoms with Gasteiger partial charge in [0.05, 0.1) is 13.2 Å². The van der Waals surface area contributed by atoms with Gasteiger partial charge in [-0.1, -0.05) is 12.1 Å². The minimum Gasteiger partial charge on any atom is -0.497 e. The smallest absolute Gasteiger partial charge is 0.268 e. The van der Waals surface area contributed by atoms with Gasteiger partial charge >= 0.3 is 0 Å². The van der Waals surface area contributed by atoms with E-state index in [1.54, 1.807) is 7.11 Å². The molecule has 1 aromatic carbocycles. The van der Waals surface area contributed by atoms with Crippen molar-refractivity contribution < 1.29 is 19.0 Å². The van der Waals surface area contributed by atoms with E-state index in [0.29, 0.717) is 29.6 Å². The molecule has 2 aliphatic rings. The van der Waals surface area contributed by atoms with E-state index in [1.807, 2.05) is 28.5 Å². The van der Waals surface area contributed by atoms with Gasteiger partial charge in [-0.3, -0.25) is 4.79 Å². The van der Waals surface area contributed by atoms with E-state index in [9.17, 15) is 4.79 Å². The Bertz CT molecular complexity index is 757. The first-order chi connectivity index (χ1) is 11.8. The van der Waals surface area contributed by atoms with Gasteiger partial charge in [0.25, 0.3) is 5.91 Å². The molecule has 5 nitrogen and oxygen atoms in total. The van der Waals surface area contributed by atoms with Crippen LogP contribution in [0.1, 0.15) is 34.1 Å². The molecule has 24 heavy (non-hydrogen) atoms. The number of nitrogens with zero attached hydrogens (tertiary/aromatic N) is 1. The van der Waals surface area contributed by atoms with Crippen molar-refractivity contribution in [1.82, 2.24) is 4.90 Å². The van der Waals surface area contributed by atoms with Crippen molar-refractivity contribution in [3.63, 3.8) is 0 Å². The van der Waals surface area contributed by atoms with Crippen LogP contribution in [0.5, 0.6) is 17.2 Å². The van der Waals surface area contributed by atoms with E-state index in [4.69, 9.17) is 14.2 Å². The van der Waals surface area contributed by atoms with E-state index < -0.39 is 0 Å². The van der Waals surface area contributed by atoms with Gasteiger partial charge < -0.3 is 19.1 Å². The third-order valence-electron chi connectivity index (χ3n) is 4.49. The minimum atomic E-state index is 0.0251. The molecule has 0 N–H and O–H groups in total. The zero-order chi connectivity index (χ0) is 16.5. The predicted octanol–water partition coefficient (Wildman–Crippen LogP) is 3.51. The molecule has 2 aliphatic heterocycles. The summed E-state index contributed by atoms with van der Waals surface area (Å²) in [4.78, 5) is 15.7. The number of methoxy groups -OCH3 is 1. The van der Waals surface area contributed by atoms with Crippen LogP contribution in [-0.2, 0) is 0 Å². The fourth-order valence-corrected chi connectivity index (χ4v) is 4.23. The molecule has 2 aromatic rings. The first-order valence-corrected chi connectivity index (χ1v) is 8.98. The van der Waals surface area contributed by atoms with Crippen LogP contribution in [0.4, 0.5) is 0 Å². The molecule has 0 aliphatic carbocycles. The van der Waals surface area contributed by atoms with Crippen LogP contribution in [0.2, 0.25) is 0 Å². The van der Waals surface area contributed by atoms with Crippen LogP contribution >= 0.6 is 11.3 Å². The van der Waals surface area contributed by atoms with Gasteiger partial charge in [0.1, 0.15) is 23.8 Å². The average Bonchev–Trinajstić information content (AvgIpc) is 3.28. The highest BCUT2D eigenvalue weighted by Gasteiger charge is 2.34. The number of hydrogen-bond donors (Lipinski definition) is 0. The van der Waals surface area contributed by atoms with Crippen LogP contribution in [0.15, 0.2) is 29.6 Å². The standard InChI is InChI=1S/C18H19NO4S/c1-21-13-5-2-4-12(10-13)14-6-3-7-19(14)18(20)17-16-15(11-24-17)22-8-9-23-16/h2,4-5,10-11,14H,3,6-9H2,1H3. The molecule has 1 fully saturated rings. The normalized spacial score (nSPS) is 19.4. The van der Waals surface area contributed by atoms with Gasteiger partial charge in [-0.25, -0.2) is 0 Å². The quantitative estimate of drug-likeness (QED) is 0.854. The Morgan fingerprint density at radius 1 is 1.33 bits per heavy atom. The Morgan fingerprint density at radius 3 is 3.08 bits per heavy atom. The zero-order valence-electron chi connectivity index (χ0n) is 13.5. The molecule has 0 radical (unpaired) electrons. The molecule has 1 unspecified atom stereocenters. The molecule has 0 saturated carbocycles. The fourth-order valence-electron chi connectivity index (χ4n) is 3.35. The maximum Gasteiger partial charge on any atom is 0.268 e. The van der Waals surface area contributed by atoms with Crippen molar-refractivity contribution in [1.29, 1.82) is 0 Å². The molecule has 1 amide bonds. The molecule has 6 heteroatoms. The summed E-state index contributed by atoms with van der Waals surface area (Å²) in [7, 11) is 1.66. The van der Waals surface area contributed by atoms with Crippen molar-refractivity contribution in [3.05, 3.63) is 40.1 Å². The van der Waals surface area contributed by atoms with Crippen molar-refractivity contribution in [3.8, 4) is 17.2 Å². The molecule has 0 bridgehead atoms. The second-order valence-electron chi connectivity index (χ2n) is 5.89. The zero-order valence-corrected chi connectivity index (χ0v) is 14.3. The van der Waals surface area contributed by atoms with Crippen LogP contribution in [0.25, 0.3) is 0 Å². The van der Waals surface area contributed by atoms with Crippen LogP contribution in [-0.4, -0.2) is 37.7 Å². The summed E-state index contributed by atoms with van der Waals surface area (Å²) in [6, 6.07) is 8.04. The van der Waals surface area contributed by atoms with Gasteiger partial charge in [0.15, 0.2) is 11.5 Å². The highest BCUT2D eigenvalue weighted by Crippen LogP contribution is 2.42. The molecule has 1 atom stereocenters. The molecule has 3 heterocycles. The number of likely N-dealkylation sites (tertiary alicyclic amines) is 1. The Morgan fingerprint density at radius 2 is 2.21 bits per heavy atom. The van der Waals surface area contributed by atoms with E-state index in [2.05, 4.69) is 6.07 Å². The van der Waals surface area contributed by atoms with Gasteiger partial charge in [0.2, 0.25) is 0 Å². The summed E-state index contributed by atoms with van der Waals surface area (Å²) >= 11 is 1.40. The first kappa shape index (κ1) is 15.3. The second-order valence-corrected chi connectivity index (χ2v) is 6.77. The Labute approximate surface area is 144 Å². The lowest BCUT2D eigenvalue weighted by molar-refractivity contribution is 0.0731. The predicted molar refractivity (Wildman–Crippen MR) is 91.3 cm³/mol. The molecular weight excluding hydrogens is 326 g/mol. The molecule has 4 rings (SSSR count). The summed E-state index contributed by atoms with van der Waals surface area (Å²) in [6.07, 6.45) is 1.96. The topological polar surface area (TPSA) is 48.0 Å². The third kappa shape index (κ3) is 2.60. The van der Waals surface area contributed by atoms with Crippen molar-refractivity contribution in [2.45, 2.75) is 18.9 Å². The van der Waals surface area contributed by atoms with Crippen molar-refractivity contribution >= 4 is 17.2 Å². The highest BCUT2D eigenvalue weighted by molar-refractivity contribution is 7.12. The Kier molecular flexibility index (Phi) is 4.06. The van der Waals surface area contributed by atoms with Crippen LogP contribution in [0.3, 0.4) is 0 Å². The summed E-state index contributed by atoms with van der Waals surface area (Å²) in [5, 5.41) is 1.86. The number of carbonyl (C=O) groups excluding carboxylic acids is 1. The van der Waals surface area contributed by atoms with E-state index >= 15 is 0 Å². The average molecular weight is 345 g/mol. The molecule has 126 valence electrons. The fraction of sp³-hybridized carbons (Fsp3) is 0.389. The maximum atomic E-state index is 13.1. The van der Waals surface area contributed by atoms with Gasteiger partial charge in [-0.15, -0.1) is 11.3 Å². The van der Waals surface area contributed by atoms with Crippen molar-refractivity contribution in [2.24, 2.45) is 0 Å². The number of hydrogen-bond acceptors (Lipinski definition) is 5. The van der Waals surface area contributed by atoms with Crippen LogP contribution in [0, 0.1) is 0 Å². The van der Waals surface area contributed by atoms with E-state index in [-0.39, 0.29) is 11.9 Å². The number of amides is 1. The monoisotopic (exact) mass is 345 g/mol. The van der Waals surface area contributed by atoms with E-state index in [1.165, 1.54) is 11.3 Å².